The van der Waals surface area contributed by atoms with Gasteiger partial charge in [-0.1, -0.05) is 31.0 Å². The summed E-state index contributed by atoms with van der Waals surface area (Å²) in [5.74, 6) is 0.879. The molecule has 3 N–H and O–H groups in total. The van der Waals surface area contributed by atoms with Gasteiger partial charge >= 0.3 is 0 Å². The van der Waals surface area contributed by atoms with Gasteiger partial charge in [-0.05, 0) is 18.9 Å². The monoisotopic (exact) mass is 347 g/mol. The summed E-state index contributed by atoms with van der Waals surface area (Å²) in [6.45, 7) is 1.71. The first kappa shape index (κ1) is 18.0. The van der Waals surface area contributed by atoms with Crippen molar-refractivity contribution >= 4 is 5.96 Å². The van der Waals surface area contributed by atoms with E-state index in [0.717, 1.165) is 24.2 Å². The maximum Gasteiger partial charge on any atom is 0.189 e. The summed E-state index contributed by atoms with van der Waals surface area (Å²) in [5.41, 5.74) is 6.99. The highest BCUT2D eigenvalue weighted by atomic mass is 16.7. The molecule has 2 fully saturated rings. The van der Waals surface area contributed by atoms with E-state index in [4.69, 9.17) is 19.9 Å². The summed E-state index contributed by atoms with van der Waals surface area (Å²) < 4.78 is 17.5. The van der Waals surface area contributed by atoms with Crippen molar-refractivity contribution in [1.29, 1.82) is 0 Å². The van der Waals surface area contributed by atoms with Crippen LogP contribution in [0.15, 0.2) is 29.3 Å². The maximum atomic E-state index is 6.20. The fourth-order valence-electron chi connectivity index (χ4n) is 3.52. The first-order valence-corrected chi connectivity index (χ1v) is 9.18. The molecular weight excluding hydrogens is 318 g/mol. The molecule has 1 atom stereocenters. The van der Waals surface area contributed by atoms with Crippen molar-refractivity contribution in [1.82, 2.24) is 5.32 Å². The Hall–Kier alpha value is -1.79. The molecule has 1 unspecified atom stereocenters. The number of guanidine groups is 1. The van der Waals surface area contributed by atoms with Crippen LogP contribution in [0.3, 0.4) is 0 Å². The summed E-state index contributed by atoms with van der Waals surface area (Å²) in [6, 6.07) is 7.81. The highest BCUT2D eigenvalue weighted by Crippen LogP contribution is 2.36. The fourth-order valence-corrected chi connectivity index (χ4v) is 3.52. The average molecular weight is 347 g/mol. The highest BCUT2D eigenvalue weighted by molar-refractivity contribution is 5.77. The topological polar surface area (TPSA) is 78.1 Å². The number of methoxy groups -OCH3 is 1. The molecule has 6 heteroatoms. The van der Waals surface area contributed by atoms with E-state index in [1.54, 1.807) is 7.11 Å². The van der Waals surface area contributed by atoms with E-state index in [-0.39, 0.29) is 11.9 Å². The molecular formula is C19H29N3O3. The highest BCUT2D eigenvalue weighted by Gasteiger charge is 2.41. The van der Waals surface area contributed by atoms with E-state index < -0.39 is 0 Å². The van der Waals surface area contributed by atoms with Gasteiger partial charge in [0.05, 0.1) is 20.3 Å². The van der Waals surface area contributed by atoms with E-state index >= 15 is 0 Å². The number of aliphatic imine (C=N–C) groups is 1. The van der Waals surface area contributed by atoms with Crippen LogP contribution in [0.4, 0.5) is 0 Å². The summed E-state index contributed by atoms with van der Waals surface area (Å²) in [5, 5.41) is 3.15. The Balaban J connectivity index is 1.47. The Morgan fingerprint density at radius 3 is 2.80 bits per heavy atom. The van der Waals surface area contributed by atoms with Gasteiger partial charge in [0.1, 0.15) is 11.9 Å². The number of nitrogens with one attached hydrogen (secondary N) is 1. The van der Waals surface area contributed by atoms with Crippen LogP contribution in [0.5, 0.6) is 5.75 Å². The van der Waals surface area contributed by atoms with Gasteiger partial charge in [0, 0.05) is 24.9 Å². The van der Waals surface area contributed by atoms with Gasteiger partial charge in [-0.2, -0.15) is 0 Å². The molecule has 1 heterocycles. The molecule has 6 nitrogen and oxygen atoms in total. The minimum absolute atomic E-state index is 0.0260. The maximum absolute atomic E-state index is 6.20. The number of rotatable bonds is 5. The number of benzene rings is 1. The van der Waals surface area contributed by atoms with Crippen LogP contribution in [0, 0.1) is 0 Å². The second kappa shape index (κ2) is 8.54. The van der Waals surface area contributed by atoms with Crippen LogP contribution in [0.25, 0.3) is 0 Å². The lowest BCUT2D eigenvalue weighted by atomic mass is 10.1. The van der Waals surface area contributed by atoms with Crippen molar-refractivity contribution in [2.45, 2.75) is 57.0 Å². The van der Waals surface area contributed by atoms with Crippen LogP contribution in [0.1, 0.15) is 44.1 Å². The van der Waals surface area contributed by atoms with E-state index in [1.807, 2.05) is 24.3 Å². The molecule has 25 heavy (non-hydrogen) atoms. The lowest BCUT2D eigenvalue weighted by Gasteiger charge is -2.26. The Kier molecular flexibility index (Phi) is 6.15. The molecule has 1 spiro atoms. The molecule has 1 saturated carbocycles. The molecule has 1 aromatic rings. The van der Waals surface area contributed by atoms with Crippen LogP contribution in [-0.4, -0.2) is 38.1 Å². The van der Waals surface area contributed by atoms with Crippen molar-refractivity contribution < 1.29 is 14.2 Å². The van der Waals surface area contributed by atoms with E-state index in [2.05, 4.69) is 10.3 Å². The van der Waals surface area contributed by atoms with Gasteiger partial charge in [-0.3, -0.25) is 0 Å². The number of nitrogens with two attached hydrogens (primary N) is 1. The third kappa shape index (κ3) is 4.86. The number of ether oxygens (including phenoxy) is 3. The Labute approximate surface area is 149 Å². The molecule has 0 aromatic heterocycles. The Bertz CT molecular complexity index is 583. The lowest BCUT2D eigenvalue weighted by Crippen LogP contribution is -2.39. The van der Waals surface area contributed by atoms with Crippen LogP contribution < -0.4 is 15.8 Å². The zero-order valence-electron chi connectivity index (χ0n) is 15.0. The molecule has 3 rings (SSSR count). The van der Waals surface area contributed by atoms with Gasteiger partial charge in [0.2, 0.25) is 0 Å². The standard InChI is InChI=1S/C19H29N3O3/c1-23-17-9-5-4-8-15(17)12-21-18(20)22-13-16-14-24-19(25-16)10-6-2-3-7-11-19/h4-5,8-9,16H,2-3,6-7,10-14H2,1H3,(H3,20,21,22). The van der Waals surface area contributed by atoms with Crippen molar-refractivity contribution in [2.75, 3.05) is 20.3 Å². The first-order valence-electron chi connectivity index (χ1n) is 9.18. The first-order chi connectivity index (χ1) is 12.2. The van der Waals surface area contributed by atoms with Crippen LogP contribution in [-0.2, 0) is 16.0 Å². The van der Waals surface area contributed by atoms with Crippen LogP contribution >= 0.6 is 0 Å². The molecule has 138 valence electrons. The molecule has 1 aromatic carbocycles. The van der Waals surface area contributed by atoms with Crippen molar-refractivity contribution in [3.8, 4) is 5.75 Å². The van der Waals surface area contributed by atoms with Crippen molar-refractivity contribution in [3.05, 3.63) is 29.8 Å². The number of para-hydroxylation sites is 1. The zero-order valence-corrected chi connectivity index (χ0v) is 15.0. The summed E-state index contributed by atoms with van der Waals surface area (Å²) >= 11 is 0. The molecule has 0 radical (unpaired) electrons. The molecule has 1 aliphatic carbocycles. The predicted octanol–water partition coefficient (Wildman–Crippen LogP) is 2.57. The second-order valence-electron chi connectivity index (χ2n) is 6.77. The molecule has 1 aliphatic heterocycles. The van der Waals surface area contributed by atoms with E-state index in [1.165, 1.54) is 25.7 Å². The summed E-state index contributed by atoms with van der Waals surface area (Å²) in [7, 11) is 1.66. The predicted molar refractivity (Wildman–Crippen MR) is 97.6 cm³/mol. The SMILES string of the molecule is COc1ccccc1CN=C(N)NCC1COC2(CCCCCC2)O1. The minimum Gasteiger partial charge on any atom is -0.496 e. The quantitative estimate of drug-likeness (QED) is 0.632. The largest absolute Gasteiger partial charge is 0.496 e. The fraction of sp³-hybridized carbons (Fsp3) is 0.632. The second-order valence-corrected chi connectivity index (χ2v) is 6.77. The van der Waals surface area contributed by atoms with Crippen molar-refractivity contribution in [3.63, 3.8) is 0 Å². The minimum atomic E-state index is -0.355. The average Bonchev–Trinajstić information content (AvgIpc) is 2.89. The van der Waals surface area contributed by atoms with E-state index in [9.17, 15) is 0 Å². The molecule has 0 bridgehead atoms. The Morgan fingerprint density at radius 1 is 1.28 bits per heavy atom. The van der Waals surface area contributed by atoms with Crippen molar-refractivity contribution in [2.24, 2.45) is 10.7 Å². The molecule has 1 saturated heterocycles. The molecule has 0 amide bonds. The number of hydrogen-bond acceptors (Lipinski definition) is 4. The smallest absolute Gasteiger partial charge is 0.189 e. The molecule has 2 aliphatic rings. The van der Waals surface area contributed by atoms with Gasteiger partial charge in [-0.25, -0.2) is 4.99 Å². The van der Waals surface area contributed by atoms with Crippen LogP contribution in [0.2, 0.25) is 0 Å². The van der Waals surface area contributed by atoms with Gasteiger partial charge in [0.25, 0.3) is 0 Å². The number of hydrogen-bond donors (Lipinski definition) is 2. The third-order valence-corrected chi connectivity index (χ3v) is 4.90. The third-order valence-electron chi connectivity index (χ3n) is 4.90. The van der Waals surface area contributed by atoms with Gasteiger partial charge < -0.3 is 25.3 Å². The van der Waals surface area contributed by atoms with E-state index in [0.29, 0.717) is 25.7 Å². The number of nitrogens with zero attached hydrogens (tertiary/aromatic N) is 1. The van der Waals surface area contributed by atoms with Gasteiger partial charge in [-0.15, -0.1) is 0 Å². The normalized spacial score (nSPS) is 23.4. The summed E-state index contributed by atoms with van der Waals surface area (Å²) in [4.78, 5) is 4.39. The zero-order chi connectivity index (χ0) is 17.5. The van der Waals surface area contributed by atoms with Gasteiger partial charge in [0.15, 0.2) is 11.7 Å². The lowest BCUT2D eigenvalue weighted by molar-refractivity contribution is -0.175. The Morgan fingerprint density at radius 2 is 2.04 bits per heavy atom. The summed E-state index contributed by atoms with van der Waals surface area (Å²) in [6.07, 6.45) is 6.95.